The molecule has 0 heterocycles. The van der Waals surface area contributed by atoms with Gasteiger partial charge in [0.25, 0.3) is 0 Å². The second kappa shape index (κ2) is 3.27. The minimum atomic E-state index is 0.343. The Morgan fingerprint density at radius 1 is 1.30 bits per heavy atom. The quantitative estimate of drug-likeness (QED) is 0.746. The Hall–Kier alpha value is -0.190. The molecule has 0 spiro atoms. The summed E-state index contributed by atoms with van der Waals surface area (Å²) < 4.78 is 0.592. The van der Waals surface area contributed by atoms with Gasteiger partial charge in [0.05, 0.1) is 0 Å². The third kappa shape index (κ3) is 1.90. The van der Waals surface area contributed by atoms with Crippen LogP contribution in [0.2, 0.25) is 0 Å². The van der Waals surface area contributed by atoms with E-state index in [-0.39, 0.29) is 0 Å². The first-order valence-electron chi connectivity index (χ1n) is 3.17. The monoisotopic (exact) mass is 252 g/mol. The Kier molecular flexibility index (Phi) is 2.59. The molecule has 1 unspecified atom stereocenters. The molecule has 1 atom stereocenters. The average molecular weight is 250 g/mol. The minimum absolute atomic E-state index is 0.343. The molecule has 0 aliphatic carbocycles. The third-order valence-electron chi connectivity index (χ3n) is 1.38. The number of rotatable bonds is 1. The molecule has 0 radical (unpaired) electrons. The van der Waals surface area contributed by atoms with Crippen LogP contribution in [0.4, 0.5) is 0 Å². The van der Waals surface area contributed by atoms with E-state index < -0.39 is 0 Å². The summed E-state index contributed by atoms with van der Waals surface area (Å²) in [4.78, 5) is 0. The molecule has 0 aliphatic heterocycles. The van der Waals surface area contributed by atoms with Crippen molar-refractivity contribution >= 4 is 22.3 Å². The van der Waals surface area contributed by atoms with Crippen molar-refractivity contribution in [3.63, 3.8) is 0 Å². The van der Waals surface area contributed by atoms with Crippen LogP contribution >= 0.6 is 0 Å². The Bertz CT molecular complexity index is 203. The van der Waals surface area contributed by atoms with Crippen LogP contribution in [-0.4, -0.2) is 27.4 Å². The summed E-state index contributed by atoms with van der Waals surface area (Å²) in [5.41, 5.74) is 1.28. The fourth-order valence-electron chi connectivity index (χ4n) is 0.753. The average Bonchev–Trinajstić information content (AvgIpc) is 1.88. The van der Waals surface area contributed by atoms with Gasteiger partial charge in [0.2, 0.25) is 0 Å². The first-order chi connectivity index (χ1) is 4.70. The van der Waals surface area contributed by atoms with Gasteiger partial charge < -0.3 is 0 Å². The summed E-state index contributed by atoms with van der Waals surface area (Å²) >= 11 is 1.79. The van der Waals surface area contributed by atoms with Crippen LogP contribution in [0.25, 0.3) is 0 Å². The first-order valence-corrected chi connectivity index (χ1v) is 4.64. The molecule has 0 amide bonds. The van der Waals surface area contributed by atoms with Crippen LogP contribution in [0.3, 0.4) is 0 Å². The number of phenolic OH excluding ortho intramolecular Hbond substituents is 1. The van der Waals surface area contributed by atoms with Crippen LogP contribution in [0.1, 0.15) is 16.5 Å². The zero-order valence-electron chi connectivity index (χ0n) is 5.78. The van der Waals surface area contributed by atoms with Gasteiger partial charge in [0.15, 0.2) is 0 Å². The van der Waals surface area contributed by atoms with E-state index >= 15 is 0 Å². The third-order valence-corrected chi connectivity index (χ3v) is 2.23. The summed E-state index contributed by atoms with van der Waals surface area (Å²) in [7, 11) is 0. The van der Waals surface area contributed by atoms with E-state index in [1.807, 2.05) is 12.1 Å². The van der Waals surface area contributed by atoms with E-state index in [1.165, 1.54) is 5.56 Å². The molecule has 0 saturated heterocycles. The summed E-state index contributed by atoms with van der Waals surface area (Å²) in [5, 5.41) is 8.94. The Morgan fingerprint density at radius 2 is 1.80 bits per heavy atom. The van der Waals surface area contributed by atoms with E-state index in [9.17, 15) is 0 Å². The summed E-state index contributed by atoms with van der Waals surface area (Å²) in [6.07, 6.45) is 0. The molecule has 2 heteroatoms. The molecule has 54 valence electrons. The van der Waals surface area contributed by atoms with E-state index in [0.717, 1.165) is 0 Å². The summed E-state index contributed by atoms with van der Waals surface area (Å²) in [6.45, 7) is 2.15. The number of aromatic hydroxyl groups is 1. The molecule has 1 aromatic rings. The number of phenols is 1. The standard InChI is InChI=1S/C8H10OTe/c1-6(10)7-2-4-8(9)5-3-7/h2-6,9-10H,1H3. The van der Waals surface area contributed by atoms with Crippen LogP contribution in [-0.2, 0) is 0 Å². The normalized spacial score (nSPS) is 13.0. The van der Waals surface area contributed by atoms with Crippen molar-refractivity contribution in [2.45, 2.75) is 10.9 Å². The van der Waals surface area contributed by atoms with Crippen molar-refractivity contribution in [2.24, 2.45) is 0 Å². The maximum atomic E-state index is 8.94. The molecular weight excluding hydrogens is 240 g/mol. The van der Waals surface area contributed by atoms with Crippen molar-refractivity contribution in [3.05, 3.63) is 29.8 Å². The van der Waals surface area contributed by atoms with Gasteiger partial charge in [-0.25, -0.2) is 0 Å². The van der Waals surface area contributed by atoms with Crippen molar-refractivity contribution in [1.29, 1.82) is 0 Å². The molecule has 0 saturated carbocycles. The van der Waals surface area contributed by atoms with Gasteiger partial charge in [0, 0.05) is 0 Å². The van der Waals surface area contributed by atoms with Crippen LogP contribution in [0, 0.1) is 0 Å². The van der Waals surface area contributed by atoms with Gasteiger partial charge in [-0.2, -0.15) is 0 Å². The summed E-state index contributed by atoms with van der Waals surface area (Å²) in [6, 6.07) is 7.37. The van der Waals surface area contributed by atoms with Crippen LogP contribution < -0.4 is 0 Å². The molecule has 0 aliphatic rings. The molecule has 1 aromatic carbocycles. The molecule has 1 rings (SSSR count). The van der Waals surface area contributed by atoms with Gasteiger partial charge in [0.1, 0.15) is 0 Å². The molecule has 0 fully saturated rings. The van der Waals surface area contributed by atoms with E-state index in [4.69, 9.17) is 5.11 Å². The predicted octanol–water partition coefficient (Wildman–Crippen LogP) is 1.35. The van der Waals surface area contributed by atoms with Crippen molar-refractivity contribution in [3.8, 4) is 5.75 Å². The van der Waals surface area contributed by atoms with Gasteiger partial charge in [-0.05, 0) is 0 Å². The SMILES string of the molecule is CC([TeH])c1ccc(O)cc1. The van der Waals surface area contributed by atoms with Gasteiger partial charge in [-0.15, -0.1) is 0 Å². The molecule has 10 heavy (non-hydrogen) atoms. The first kappa shape index (κ1) is 7.91. The van der Waals surface area contributed by atoms with Gasteiger partial charge >= 0.3 is 73.9 Å². The second-order valence-electron chi connectivity index (χ2n) is 2.27. The maximum absolute atomic E-state index is 8.94. The number of benzene rings is 1. The topological polar surface area (TPSA) is 20.2 Å². The zero-order valence-corrected chi connectivity index (χ0v) is 8.33. The van der Waals surface area contributed by atoms with Gasteiger partial charge in [-0.1, -0.05) is 0 Å². The number of hydrogen-bond acceptors (Lipinski definition) is 1. The molecule has 1 nitrogen and oxygen atoms in total. The fourth-order valence-corrected chi connectivity index (χ4v) is 1.24. The Balaban J connectivity index is 2.89. The number of hydrogen-bond donors (Lipinski definition) is 1. The van der Waals surface area contributed by atoms with Crippen molar-refractivity contribution in [1.82, 2.24) is 0 Å². The van der Waals surface area contributed by atoms with E-state index in [0.29, 0.717) is 9.72 Å². The predicted molar refractivity (Wildman–Crippen MR) is 43.7 cm³/mol. The zero-order chi connectivity index (χ0) is 7.56. The second-order valence-corrected chi connectivity index (χ2v) is 4.48. The van der Waals surface area contributed by atoms with E-state index in [1.54, 1.807) is 34.4 Å². The Morgan fingerprint density at radius 3 is 2.20 bits per heavy atom. The Labute approximate surface area is 74.0 Å². The van der Waals surface area contributed by atoms with Crippen LogP contribution in [0.15, 0.2) is 24.3 Å². The van der Waals surface area contributed by atoms with Crippen molar-refractivity contribution in [2.75, 3.05) is 0 Å². The van der Waals surface area contributed by atoms with Crippen molar-refractivity contribution < 1.29 is 5.11 Å². The molecule has 1 N–H and O–H groups in total. The summed E-state index contributed by atoms with van der Waals surface area (Å²) in [5.74, 6) is 0.343. The molecule has 0 bridgehead atoms. The van der Waals surface area contributed by atoms with Gasteiger partial charge in [-0.3, -0.25) is 0 Å². The molecule has 0 aromatic heterocycles. The van der Waals surface area contributed by atoms with Crippen LogP contribution in [0.5, 0.6) is 5.75 Å². The van der Waals surface area contributed by atoms with E-state index in [2.05, 4.69) is 6.92 Å². The fraction of sp³-hybridized carbons (Fsp3) is 0.250. The molecular formula is C8H10OTe.